The van der Waals surface area contributed by atoms with Crippen molar-refractivity contribution in [1.82, 2.24) is 10.2 Å². The van der Waals surface area contributed by atoms with Crippen LogP contribution >= 0.6 is 12.2 Å². The maximum atomic E-state index is 13.2. The van der Waals surface area contributed by atoms with Gasteiger partial charge >= 0.3 is 0 Å². The highest BCUT2D eigenvalue weighted by molar-refractivity contribution is 7.80. The molecule has 2 amide bonds. The number of thiocarbonyl (C=S) groups is 1. The van der Waals surface area contributed by atoms with E-state index in [4.69, 9.17) is 17.0 Å². The second-order valence-corrected chi connectivity index (χ2v) is 9.12. The van der Waals surface area contributed by atoms with E-state index >= 15 is 0 Å². The summed E-state index contributed by atoms with van der Waals surface area (Å²) in [6.45, 7) is 0.970. The van der Waals surface area contributed by atoms with E-state index < -0.39 is 0 Å². The van der Waals surface area contributed by atoms with Gasteiger partial charge in [-0.2, -0.15) is 0 Å². The Morgan fingerprint density at radius 1 is 0.816 bits per heavy atom. The van der Waals surface area contributed by atoms with E-state index in [-0.39, 0.29) is 16.9 Å². The molecule has 192 valence electrons. The molecule has 0 bridgehead atoms. The maximum Gasteiger partial charge on any atom is 0.257 e. The van der Waals surface area contributed by atoms with Gasteiger partial charge in [-0.15, -0.1) is 0 Å². The summed E-state index contributed by atoms with van der Waals surface area (Å²) in [5.41, 5.74) is 3.60. The molecule has 4 aromatic rings. The van der Waals surface area contributed by atoms with Crippen LogP contribution in [0.5, 0.6) is 5.75 Å². The number of carbonyl (C=O) groups is 2. The smallest absolute Gasteiger partial charge is 0.257 e. The number of hydrogen-bond acceptors (Lipinski definition) is 4. The molecule has 0 aliphatic heterocycles. The van der Waals surface area contributed by atoms with E-state index in [0.29, 0.717) is 35.7 Å². The minimum Gasteiger partial charge on any atom is -0.493 e. The third kappa shape index (κ3) is 7.51. The summed E-state index contributed by atoms with van der Waals surface area (Å²) in [6, 6.07) is 33.9. The molecule has 2 N–H and O–H groups in total. The van der Waals surface area contributed by atoms with Crippen molar-refractivity contribution in [2.24, 2.45) is 0 Å². The highest BCUT2D eigenvalue weighted by Gasteiger charge is 2.17. The number of nitrogens with one attached hydrogen (secondary N) is 2. The molecule has 0 unspecified atom stereocenters. The van der Waals surface area contributed by atoms with Gasteiger partial charge in [0.2, 0.25) is 0 Å². The number of rotatable bonds is 9. The van der Waals surface area contributed by atoms with E-state index in [9.17, 15) is 9.59 Å². The fourth-order valence-corrected chi connectivity index (χ4v) is 4.10. The monoisotopic (exact) mass is 523 g/mol. The lowest BCUT2D eigenvalue weighted by Gasteiger charge is -2.20. The second kappa shape index (κ2) is 13.2. The summed E-state index contributed by atoms with van der Waals surface area (Å²) in [4.78, 5) is 27.6. The molecular weight excluding hydrogens is 494 g/mol. The first-order valence-electron chi connectivity index (χ1n) is 12.3. The first-order valence-corrected chi connectivity index (χ1v) is 12.7. The Kier molecular flexibility index (Phi) is 9.21. The van der Waals surface area contributed by atoms with E-state index in [1.54, 1.807) is 54.4 Å². The third-order valence-corrected chi connectivity index (χ3v) is 6.04. The van der Waals surface area contributed by atoms with Crippen LogP contribution in [0.3, 0.4) is 0 Å². The van der Waals surface area contributed by atoms with Crippen LogP contribution in [0.15, 0.2) is 109 Å². The fraction of sp³-hybridized carbons (Fsp3) is 0.129. The molecule has 0 radical (unpaired) electrons. The molecule has 0 fully saturated rings. The van der Waals surface area contributed by atoms with Gasteiger partial charge in [0.05, 0.1) is 17.9 Å². The summed E-state index contributed by atoms with van der Waals surface area (Å²) in [7, 11) is 1.75. The zero-order valence-electron chi connectivity index (χ0n) is 21.1. The zero-order chi connectivity index (χ0) is 26.7. The Hall–Kier alpha value is -4.49. The van der Waals surface area contributed by atoms with Gasteiger partial charge in [0, 0.05) is 25.6 Å². The Bertz CT molecular complexity index is 1390. The highest BCUT2D eigenvalue weighted by Crippen LogP contribution is 2.19. The summed E-state index contributed by atoms with van der Waals surface area (Å²) in [5.74, 6) is 0.0669. The van der Waals surface area contributed by atoms with Crippen molar-refractivity contribution in [3.8, 4) is 5.75 Å². The fourth-order valence-electron chi connectivity index (χ4n) is 3.90. The highest BCUT2D eigenvalue weighted by atomic mass is 32.1. The molecule has 0 aliphatic rings. The Balaban J connectivity index is 1.34. The molecule has 38 heavy (non-hydrogen) atoms. The van der Waals surface area contributed by atoms with Crippen LogP contribution in [-0.2, 0) is 13.0 Å². The SMILES string of the molecule is CN(Cc1ccccc1)C(=O)c1ccccc1NC(=S)NC(=O)c1cccc(OCCc2ccccc2)c1. The number of hydrogen-bond donors (Lipinski definition) is 2. The minimum atomic E-state index is -0.374. The quantitative estimate of drug-likeness (QED) is 0.275. The number of para-hydroxylation sites is 1. The zero-order valence-corrected chi connectivity index (χ0v) is 21.9. The number of nitrogens with zero attached hydrogens (tertiary/aromatic N) is 1. The van der Waals surface area contributed by atoms with Crippen molar-refractivity contribution in [2.75, 3.05) is 19.0 Å². The van der Waals surface area contributed by atoms with Crippen LogP contribution in [0, 0.1) is 0 Å². The molecule has 4 aromatic carbocycles. The predicted octanol–water partition coefficient (Wildman–Crippen LogP) is 5.71. The van der Waals surface area contributed by atoms with Gasteiger partial charge in [0.15, 0.2) is 5.11 Å². The molecule has 0 saturated carbocycles. The molecule has 6 nitrogen and oxygen atoms in total. The van der Waals surface area contributed by atoms with Crippen LogP contribution in [0.2, 0.25) is 0 Å². The van der Waals surface area contributed by atoms with E-state index in [1.165, 1.54) is 5.56 Å². The van der Waals surface area contributed by atoms with Gasteiger partial charge in [-0.25, -0.2) is 0 Å². The summed E-state index contributed by atoms with van der Waals surface area (Å²) < 4.78 is 5.84. The largest absolute Gasteiger partial charge is 0.493 e. The van der Waals surface area contributed by atoms with Crippen molar-refractivity contribution in [3.63, 3.8) is 0 Å². The van der Waals surface area contributed by atoms with Gasteiger partial charge < -0.3 is 15.0 Å². The summed E-state index contributed by atoms with van der Waals surface area (Å²) in [6.07, 6.45) is 0.768. The number of benzene rings is 4. The van der Waals surface area contributed by atoms with Gasteiger partial charge in [0.25, 0.3) is 11.8 Å². The van der Waals surface area contributed by atoms with Gasteiger partial charge in [-0.05, 0) is 53.7 Å². The molecule has 0 saturated heterocycles. The summed E-state index contributed by atoms with van der Waals surface area (Å²) in [5, 5.41) is 5.78. The van der Waals surface area contributed by atoms with Gasteiger partial charge in [0.1, 0.15) is 5.75 Å². The minimum absolute atomic E-state index is 0.0939. The van der Waals surface area contributed by atoms with Crippen molar-refractivity contribution in [3.05, 3.63) is 131 Å². The second-order valence-electron chi connectivity index (χ2n) is 8.71. The van der Waals surface area contributed by atoms with Crippen LogP contribution in [0.4, 0.5) is 5.69 Å². The van der Waals surface area contributed by atoms with Crippen LogP contribution in [0.25, 0.3) is 0 Å². The molecule has 7 heteroatoms. The topological polar surface area (TPSA) is 70.7 Å². The number of carbonyl (C=O) groups excluding carboxylic acids is 2. The van der Waals surface area contributed by atoms with Crippen molar-refractivity contribution in [1.29, 1.82) is 0 Å². The van der Waals surface area contributed by atoms with E-state index in [2.05, 4.69) is 10.6 Å². The third-order valence-electron chi connectivity index (χ3n) is 5.84. The summed E-state index contributed by atoms with van der Waals surface area (Å²) >= 11 is 5.39. The predicted molar refractivity (Wildman–Crippen MR) is 154 cm³/mol. The first-order chi connectivity index (χ1) is 18.5. The maximum absolute atomic E-state index is 13.2. The molecule has 0 atom stereocenters. The van der Waals surface area contributed by atoms with Crippen molar-refractivity contribution in [2.45, 2.75) is 13.0 Å². The lowest BCUT2D eigenvalue weighted by atomic mass is 10.1. The first kappa shape index (κ1) is 26.6. The average molecular weight is 524 g/mol. The Labute approximate surface area is 228 Å². The number of anilines is 1. The Morgan fingerprint density at radius 2 is 1.47 bits per heavy atom. The van der Waals surface area contributed by atoms with Crippen LogP contribution < -0.4 is 15.4 Å². The molecule has 0 aromatic heterocycles. The number of amides is 2. The van der Waals surface area contributed by atoms with Crippen LogP contribution in [-0.4, -0.2) is 35.5 Å². The van der Waals surface area contributed by atoms with E-state index in [0.717, 1.165) is 12.0 Å². The van der Waals surface area contributed by atoms with Gasteiger partial charge in [-0.1, -0.05) is 78.9 Å². The van der Waals surface area contributed by atoms with Gasteiger partial charge in [-0.3, -0.25) is 14.9 Å². The number of ether oxygens (including phenoxy) is 1. The normalized spacial score (nSPS) is 10.3. The Morgan fingerprint density at radius 3 is 2.21 bits per heavy atom. The molecule has 4 rings (SSSR count). The lowest BCUT2D eigenvalue weighted by molar-refractivity contribution is 0.0786. The van der Waals surface area contributed by atoms with Crippen molar-refractivity contribution < 1.29 is 14.3 Å². The molecule has 0 heterocycles. The molecule has 0 spiro atoms. The molecular formula is C31H29N3O3S. The molecule has 0 aliphatic carbocycles. The standard InChI is InChI=1S/C31H29N3O3S/c1-34(22-24-13-6-3-7-14-24)30(36)27-17-8-9-18-28(27)32-31(38)33-29(35)25-15-10-16-26(21-25)37-20-19-23-11-4-2-5-12-23/h2-18,21H,19-20,22H2,1H3,(H2,32,33,35,38). The van der Waals surface area contributed by atoms with Crippen LogP contribution in [0.1, 0.15) is 31.8 Å². The average Bonchev–Trinajstić information content (AvgIpc) is 2.94. The van der Waals surface area contributed by atoms with E-state index in [1.807, 2.05) is 66.7 Å². The van der Waals surface area contributed by atoms with Crippen molar-refractivity contribution >= 4 is 34.8 Å². The lowest BCUT2D eigenvalue weighted by Crippen LogP contribution is -2.35.